The molecule has 13 heavy (non-hydrogen) atoms. The summed E-state index contributed by atoms with van der Waals surface area (Å²) in [7, 11) is 0. The molecule has 2 N–H and O–H groups in total. The number of aromatic nitrogens is 1. The largest absolute Gasteiger partial charge is 0.476 e. The number of hydrogen-bond acceptors (Lipinski definition) is 4. The Morgan fingerprint density at radius 2 is 2.38 bits per heavy atom. The molecule has 0 aromatic carbocycles. The third-order valence-electron chi connectivity index (χ3n) is 1.34. The number of carboxylic acids is 1. The van der Waals surface area contributed by atoms with Crippen molar-refractivity contribution in [3.8, 4) is 0 Å². The molecule has 70 valence electrons. The van der Waals surface area contributed by atoms with E-state index in [2.05, 4.69) is 10.3 Å². The molecular formula is C7H8N2O4. The predicted molar refractivity (Wildman–Crippen MR) is 41.0 cm³/mol. The van der Waals surface area contributed by atoms with E-state index in [1.165, 1.54) is 6.92 Å². The van der Waals surface area contributed by atoms with Gasteiger partial charge in [-0.05, 0) is 0 Å². The number of oxazole rings is 1. The molecule has 1 heterocycles. The summed E-state index contributed by atoms with van der Waals surface area (Å²) in [5.41, 5.74) is -0.172. The number of nitrogens with one attached hydrogen (secondary N) is 1. The Morgan fingerprint density at radius 3 is 2.92 bits per heavy atom. The van der Waals surface area contributed by atoms with E-state index in [0.717, 1.165) is 6.39 Å². The van der Waals surface area contributed by atoms with Crippen molar-refractivity contribution < 1.29 is 19.1 Å². The van der Waals surface area contributed by atoms with Gasteiger partial charge in [-0.15, -0.1) is 0 Å². The molecule has 0 spiro atoms. The van der Waals surface area contributed by atoms with Crippen molar-refractivity contribution in [2.45, 2.75) is 13.5 Å². The average Bonchev–Trinajstić information content (AvgIpc) is 2.47. The number of carboxylic acid groups (broad SMARTS) is 1. The minimum Gasteiger partial charge on any atom is -0.476 e. The highest BCUT2D eigenvalue weighted by atomic mass is 16.4. The molecule has 0 saturated heterocycles. The standard InChI is InChI=1S/C7H8N2O4/c1-4(10)8-2-5-6(7(11)12)9-3-13-5/h3H,2H2,1H3,(H,8,10)(H,11,12). The van der Waals surface area contributed by atoms with Crippen molar-refractivity contribution in [1.82, 2.24) is 10.3 Å². The van der Waals surface area contributed by atoms with Crippen molar-refractivity contribution >= 4 is 11.9 Å². The third-order valence-corrected chi connectivity index (χ3v) is 1.34. The first kappa shape index (κ1) is 9.24. The molecule has 1 aromatic rings. The Balaban J connectivity index is 2.71. The monoisotopic (exact) mass is 184 g/mol. The Kier molecular flexibility index (Phi) is 2.63. The van der Waals surface area contributed by atoms with Crippen LogP contribution >= 0.6 is 0 Å². The first-order valence-corrected chi connectivity index (χ1v) is 3.51. The molecule has 6 nitrogen and oxygen atoms in total. The first-order chi connectivity index (χ1) is 6.11. The second-order valence-electron chi connectivity index (χ2n) is 2.34. The smallest absolute Gasteiger partial charge is 0.358 e. The SMILES string of the molecule is CC(=O)NCc1ocnc1C(=O)O. The molecule has 1 amide bonds. The van der Waals surface area contributed by atoms with Crippen LogP contribution in [0.4, 0.5) is 0 Å². The van der Waals surface area contributed by atoms with Crippen molar-refractivity contribution in [3.05, 3.63) is 17.8 Å². The van der Waals surface area contributed by atoms with E-state index < -0.39 is 5.97 Å². The second kappa shape index (κ2) is 3.70. The molecule has 0 saturated carbocycles. The number of rotatable bonds is 3. The van der Waals surface area contributed by atoms with E-state index in [0.29, 0.717) is 0 Å². The highest BCUT2D eigenvalue weighted by Gasteiger charge is 2.14. The fourth-order valence-electron chi connectivity index (χ4n) is 0.775. The summed E-state index contributed by atoms with van der Waals surface area (Å²) < 4.78 is 4.77. The number of hydrogen-bond donors (Lipinski definition) is 2. The van der Waals surface area contributed by atoms with E-state index in [1.54, 1.807) is 0 Å². The highest BCUT2D eigenvalue weighted by molar-refractivity contribution is 5.86. The van der Waals surface area contributed by atoms with Crippen LogP contribution in [0, 0.1) is 0 Å². The Bertz CT molecular complexity index is 331. The van der Waals surface area contributed by atoms with E-state index >= 15 is 0 Å². The van der Waals surface area contributed by atoms with Gasteiger partial charge in [0.2, 0.25) is 5.91 Å². The molecule has 1 rings (SSSR count). The van der Waals surface area contributed by atoms with Crippen LogP contribution in [0.1, 0.15) is 23.2 Å². The van der Waals surface area contributed by atoms with Crippen LogP contribution in [-0.4, -0.2) is 22.0 Å². The van der Waals surface area contributed by atoms with E-state index in [-0.39, 0.29) is 23.9 Å². The number of carbonyl (C=O) groups excluding carboxylic acids is 1. The van der Waals surface area contributed by atoms with Crippen LogP contribution in [0.5, 0.6) is 0 Å². The lowest BCUT2D eigenvalue weighted by molar-refractivity contribution is -0.119. The molecule has 0 bridgehead atoms. The molecule has 0 fully saturated rings. The maximum absolute atomic E-state index is 10.5. The summed E-state index contributed by atoms with van der Waals surface area (Å²) in [6.07, 6.45) is 1.03. The normalized spacial score (nSPS) is 9.62. The topological polar surface area (TPSA) is 92.4 Å². The summed E-state index contributed by atoms with van der Waals surface area (Å²) in [6.45, 7) is 1.37. The van der Waals surface area contributed by atoms with Crippen LogP contribution in [0.25, 0.3) is 0 Å². The summed E-state index contributed by atoms with van der Waals surface area (Å²) in [5, 5.41) is 11.0. The fourth-order valence-corrected chi connectivity index (χ4v) is 0.775. The molecule has 6 heteroatoms. The molecule has 0 aliphatic heterocycles. The highest BCUT2D eigenvalue weighted by Crippen LogP contribution is 2.05. The first-order valence-electron chi connectivity index (χ1n) is 3.51. The summed E-state index contributed by atoms with van der Waals surface area (Å²) in [5.74, 6) is -1.29. The van der Waals surface area contributed by atoms with Crippen molar-refractivity contribution in [2.24, 2.45) is 0 Å². The lowest BCUT2D eigenvalue weighted by atomic mass is 10.3. The fraction of sp³-hybridized carbons (Fsp3) is 0.286. The van der Waals surface area contributed by atoms with Crippen LogP contribution in [0.2, 0.25) is 0 Å². The predicted octanol–water partition coefficient (Wildman–Crippen LogP) is 0.00890. The van der Waals surface area contributed by atoms with E-state index in [1.807, 2.05) is 0 Å². The molecule has 0 aliphatic carbocycles. The Hall–Kier alpha value is -1.85. The Labute approximate surface area is 73.6 Å². The minimum atomic E-state index is -1.17. The molecular weight excluding hydrogens is 176 g/mol. The Morgan fingerprint density at radius 1 is 1.69 bits per heavy atom. The lowest BCUT2D eigenvalue weighted by Gasteiger charge is -1.97. The van der Waals surface area contributed by atoms with E-state index in [4.69, 9.17) is 9.52 Å². The van der Waals surface area contributed by atoms with Gasteiger partial charge in [0.05, 0.1) is 6.54 Å². The van der Waals surface area contributed by atoms with Gasteiger partial charge in [0, 0.05) is 6.92 Å². The van der Waals surface area contributed by atoms with Crippen molar-refractivity contribution in [3.63, 3.8) is 0 Å². The van der Waals surface area contributed by atoms with Gasteiger partial charge in [0.1, 0.15) is 0 Å². The van der Waals surface area contributed by atoms with Crippen LogP contribution in [0.3, 0.4) is 0 Å². The number of carbonyl (C=O) groups is 2. The van der Waals surface area contributed by atoms with E-state index in [9.17, 15) is 9.59 Å². The van der Waals surface area contributed by atoms with Gasteiger partial charge in [0.25, 0.3) is 0 Å². The molecule has 0 aliphatic rings. The molecule has 1 aromatic heterocycles. The zero-order valence-electron chi connectivity index (χ0n) is 6.90. The van der Waals surface area contributed by atoms with Crippen molar-refractivity contribution in [1.29, 1.82) is 0 Å². The van der Waals surface area contributed by atoms with Crippen molar-refractivity contribution in [2.75, 3.05) is 0 Å². The lowest BCUT2D eigenvalue weighted by Crippen LogP contribution is -2.20. The van der Waals surface area contributed by atoms with Gasteiger partial charge in [-0.2, -0.15) is 0 Å². The second-order valence-corrected chi connectivity index (χ2v) is 2.34. The van der Waals surface area contributed by atoms with Gasteiger partial charge in [-0.1, -0.05) is 0 Å². The summed E-state index contributed by atoms with van der Waals surface area (Å²) in [4.78, 5) is 24.5. The van der Waals surface area contributed by atoms with Crippen LogP contribution in [-0.2, 0) is 11.3 Å². The van der Waals surface area contributed by atoms with Gasteiger partial charge in [-0.3, -0.25) is 4.79 Å². The van der Waals surface area contributed by atoms with Gasteiger partial charge < -0.3 is 14.8 Å². The summed E-state index contributed by atoms with van der Waals surface area (Å²) in [6, 6.07) is 0. The third kappa shape index (κ3) is 2.29. The zero-order chi connectivity index (χ0) is 9.84. The van der Waals surface area contributed by atoms with Gasteiger partial charge >= 0.3 is 5.97 Å². The molecule has 0 radical (unpaired) electrons. The average molecular weight is 184 g/mol. The summed E-state index contributed by atoms with van der Waals surface area (Å²) >= 11 is 0. The maximum atomic E-state index is 10.5. The number of nitrogens with zero attached hydrogens (tertiary/aromatic N) is 1. The van der Waals surface area contributed by atoms with Crippen LogP contribution in [0.15, 0.2) is 10.8 Å². The quantitative estimate of drug-likeness (QED) is 0.690. The zero-order valence-corrected chi connectivity index (χ0v) is 6.90. The maximum Gasteiger partial charge on any atom is 0.358 e. The minimum absolute atomic E-state index is 0.0387. The van der Waals surface area contributed by atoms with Gasteiger partial charge in [0.15, 0.2) is 17.8 Å². The van der Waals surface area contributed by atoms with Gasteiger partial charge in [-0.25, -0.2) is 9.78 Å². The number of amides is 1. The van der Waals surface area contributed by atoms with Crippen LogP contribution < -0.4 is 5.32 Å². The number of aromatic carboxylic acids is 1. The molecule has 0 atom stereocenters. The molecule has 0 unspecified atom stereocenters.